The molecule has 1 aliphatic heterocycles. The third-order valence-corrected chi connectivity index (χ3v) is 7.87. The Morgan fingerprint density at radius 2 is 1.62 bits per heavy atom. The summed E-state index contributed by atoms with van der Waals surface area (Å²) in [5, 5.41) is 2.83. The quantitative estimate of drug-likeness (QED) is 0.690. The van der Waals surface area contributed by atoms with Crippen molar-refractivity contribution in [3.05, 3.63) is 60.2 Å². The van der Waals surface area contributed by atoms with E-state index in [-0.39, 0.29) is 42.0 Å². The maximum atomic E-state index is 13.2. The van der Waals surface area contributed by atoms with E-state index in [4.69, 9.17) is 4.74 Å². The molecule has 8 heteroatoms. The van der Waals surface area contributed by atoms with Crippen molar-refractivity contribution < 1.29 is 22.7 Å². The van der Waals surface area contributed by atoms with Crippen LogP contribution >= 0.6 is 0 Å². The van der Waals surface area contributed by atoms with Gasteiger partial charge in [0.15, 0.2) is 16.4 Å². The average Bonchev–Trinajstić information content (AvgIpc) is 3.43. The van der Waals surface area contributed by atoms with Gasteiger partial charge < -0.3 is 15.0 Å². The predicted octanol–water partition coefficient (Wildman–Crippen LogP) is 3.28. The van der Waals surface area contributed by atoms with Crippen LogP contribution < -0.4 is 10.1 Å². The molecule has 2 aromatic carbocycles. The molecular formula is C24H28N2O5S. The molecule has 2 fully saturated rings. The van der Waals surface area contributed by atoms with E-state index in [0.717, 1.165) is 25.7 Å². The molecule has 4 rings (SSSR count). The third kappa shape index (κ3) is 5.30. The number of rotatable bonds is 7. The summed E-state index contributed by atoms with van der Waals surface area (Å²) in [5.41, 5.74) is 0.998. The fraction of sp³-hybridized carbons (Fsp3) is 0.417. The van der Waals surface area contributed by atoms with Gasteiger partial charge >= 0.3 is 0 Å². The Morgan fingerprint density at radius 3 is 2.31 bits per heavy atom. The Balaban J connectivity index is 1.46. The summed E-state index contributed by atoms with van der Waals surface area (Å²) in [7, 11) is -3.11. The molecule has 2 amide bonds. The van der Waals surface area contributed by atoms with Gasteiger partial charge in [-0.15, -0.1) is 0 Å². The van der Waals surface area contributed by atoms with Crippen molar-refractivity contribution in [1.82, 2.24) is 4.90 Å². The normalized spacial score (nSPS) is 20.1. The van der Waals surface area contributed by atoms with Gasteiger partial charge in [0.2, 0.25) is 0 Å². The van der Waals surface area contributed by atoms with E-state index in [9.17, 15) is 18.0 Å². The van der Waals surface area contributed by atoms with Gasteiger partial charge in [-0.05, 0) is 43.5 Å². The summed E-state index contributed by atoms with van der Waals surface area (Å²) >= 11 is 0. The number of hydrogen-bond donors (Lipinski definition) is 1. The molecule has 2 aromatic rings. The Bertz CT molecular complexity index is 1060. The first-order valence-corrected chi connectivity index (χ1v) is 12.8. The molecule has 170 valence electrons. The zero-order valence-electron chi connectivity index (χ0n) is 17.9. The first-order valence-electron chi connectivity index (χ1n) is 11.0. The summed E-state index contributed by atoms with van der Waals surface area (Å²) in [4.78, 5) is 27.7. The Hall–Kier alpha value is -2.87. The first-order chi connectivity index (χ1) is 15.4. The van der Waals surface area contributed by atoms with Crippen LogP contribution in [-0.4, -0.2) is 55.3 Å². The smallest absolute Gasteiger partial charge is 0.261 e. The molecular weight excluding hydrogens is 428 g/mol. The van der Waals surface area contributed by atoms with Gasteiger partial charge in [-0.3, -0.25) is 9.59 Å². The van der Waals surface area contributed by atoms with Crippen molar-refractivity contribution in [3.8, 4) is 5.75 Å². The van der Waals surface area contributed by atoms with Crippen LogP contribution in [-0.2, 0) is 14.6 Å². The summed E-state index contributed by atoms with van der Waals surface area (Å²) in [5.74, 6) is -0.0891. The van der Waals surface area contributed by atoms with Crippen LogP contribution in [0.4, 0.5) is 5.69 Å². The Kier molecular flexibility index (Phi) is 6.79. The van der Waals surface area contributed by atoms with E-state index in [0.29, 0.717) is 23.4 Å². The molecule has 1 unspecified atom stereocenters. The van der Waals surface area contributed by atoms with Gasteiger partial charge in [0.05, 0.1) is 17.1 Å². The number of ether oxygens (including phenoxy) is 1. The lowest BCUT2D eigenvalue weighted by atomic mass is 10.1. The van der Waals surface area contributed by atoms with Crippen LogP contribution in [0.3, 0.4) is 0 Å². The highest BCUT2D eigenvalue weighted by Gasteiger charge is 2.39. The van der Waals surface area contributed by atoms with Crippen LogP contribution in [0.25, 0.3) is 0 Å². The zero-order valence-corrected chi connectivity index (χ0v) is 18.7. The van der Waals surface area contributed by atoms with Crippen molar-refractivity contribution >= 4 is 27.3 Å². The summed E-state index contributed by atoms with van der Waals surface area (Å²) < 4.78 is 29.8. The van der Waals surface area contributed by atoms with Crippen LogP contribution in [0.15, 0.2) is 54.6 Å². The van der Waals surface area contributed by atoms with Crippen molar-refractivity contribution in [3.63, 3.8) is 0 Å². The van der Waals surface area contributed by atoms with Gasteiger partial charge in [-0.1, -0.05) is 43.2 Å². The first kappa shape index (κ1) is 22.3. The second-order valence-electron chi connectivity index (χ2n) is 8.40. The molecule has 1 N–H and O–H groups in total. The number of sulfone groups is 1. The number of carbonyl (C=O) groups is 2. The van der Waals surface area contributed by atoms with Gasteiger partial charge in [0.1, 0.15) is 5.75 Å². The molecule has 1 saturated heterocycles. The minimum absolute atomic E-state index is 0.0192. The second-order valence-corrected chi connectivity index (χ2v) is 10.6. The van der Waals surface area contributed by atoms with Crippen molar-refractivity contribution in [1.29, 1.82) is 0 Å². The molecule has 1 aliphatic carbocycles. The lowest BCUT2D eigenvalue weighted by molar-refractivity contribution is -0.137. The number of nitrogens with zero attached hydrogens (tertiary/aromatic N) is 1. The fourth-order valence-corrected chi connectivity index (χ4v) is 6.31. The minimum atomic E-state index is -3.11. The molecule has 1 atom stereocenters. The predicted molar refractivity (Wildman–Crippen MR) is 122 cm³/mol. The number of nitrogens with one attached hydrogen (secondary N) is 1. The topological polar surface area (TPSA) is 92.8 Å². The minimum Gasteiger partial charge on any atom is -0.483 e. The van der Waals surface area contributed by atoms with Gasteiger partial charge in [-0.2, -0.15) is 0 Å². The SMILES string of the molecule is O=C(Nc1ccccc1)c1ccccc1OCC(=O)N(C1CCCC1)C1CCS(=O)(=O)C1. The number of benzene rings is 2. The number of anilines is 1. The molecule has 1 heterocycles. The molecule has 1 saturated carbocycles. The largest absolute Gasteiger partial charge is 0.483 e. The Labute approximate surface area is 188 Å². The maximum absolute atomic E-state index is 13.2. The van der Waals surface area contributed by atoms with E-state index in [2.05, 4.69) is 5.32 Å². The molecule has 0 radical (unpaired) electrons. The standard InChI is InChI=1S/C24H28N2O5S/c27-23(26(19-10-4-5-11-19)20-14-15-32(29,30)17-20)16-31-22-13-7-6-12-21(22)24(28)25-18-8-2-1-3-9-18/h1-3,6-9,12-13,19-20H,4-5,10-11,14-17H2,(H,25,28). The molecule has 7 nitrogen and oxygen atoms in total. The number of carbonyl (C=O) groups excluding carboxylic acids is 2. The highest BCUT2D eigenvalue weighted by atomic mass is 32.2. The van der Waals surface area contributed by atoms with E-state index in [1.165, 1.54) is 0 Å². The molecule has 0 aromatic heterocycles. The number of hydrogen-bond acceptors (Lipinski definition) is 5. The average molecular weight is 457 g/mol. The van der Waals surface area contributed by atoms with Crippen LogP contribution in [0.5, 0.6) is 5.75 Å². The van der Waals surface area contributed by atoms with Crippen LogP contribution in [0.2, 0.25) is 0 Å². The molecule has 2 aliphatic rings. The van der Waals surface area contributed by atoms with Crippen LogP contribution in [0.1, 0.15) is 42.5 Å². The van der Waals surface area contributed by atoms with Crippen molar-refractivity contribution in [2.75, 3.05) is 23.4 Å². The second kappa shape index (κ2) is 9.73. The van der Waals surface area contributed by atoms with E-state index in [1.54, 1.807) is 41.3 Å². The maximum Gasteiger partial charge on any atom is 0.261 e. The summed E-state index contributed by atoms with van der Waals surface area (Å²) in [6.45, 7) is -0.233. The molecule has 0 spiro atoms. The van der Waals surface area contributed by atoms with E-state index < -0.39 is 9.84 Å². The number of amides is 2. The summed E-state index contributed by atoms with van der Waals surface area (Å²) in [6.07, 6.45) is 4.33. The van der Waals surface area contributed by atoms with Gasteiger partial charge in [0, 0.05) is 17.8 Å². The van der Waals surface area contributed by atoms with E-state index in [1.807, 2.05) is 18.2 Å². The lowest BCUT2D eigenvalue weighted by Crippen LogP contribution is -2.48. The fourth-order valence-electron chi connectivity index (χ4n) is 4.60. The van der Waals surface area contributed by atoms with Gasteiger partial charge in [0.25, 0.3) is 11.8 Å². The third-order valence-electron chi connectivity index (χ3n) is 6.12. The lowest BCUT2D eigenvalue weighted by Gasteiger charge is -2.34. The molecule has 0 bridgehead atoms. The number of para-hydroxylation sites is 2. The van der Waals surface area contributed by atoms with Crippen molar-refractivity contribution in [2.45, 2.75) is 44.2 Å². The highest BCUT2D eigenvalue weighted by Crippen LogP contribution is 2.29. The molecule has 32 heavy (non-hydrogen) atoms. The van der Waals surface area contributed by atoms with Crippen LogP contribution in [0, 0.1) is 0 Å². The summed E-state index contributed by atoms with van der Waals surface area (Å²) in [6, 6.07) is 15.7. The van der Waals surface area contributed by atoms with Crippen molar-refractivity contribution in [2.24, 2.45) is 0 Å². The zero-order chi connectivity index (χ0) is 22.6. The highest BCUT2D eigenvalue weighted by molar-refractivity contribution is 7.91. The Morgan fingerprint density at radius 1 is 0.938 bits per heavy atom. The van der Waals surface area contributed by atoms with Gasteiger partial charge in [-0.25, -0.2) is 8.42 Å². The van der Waals surface area contributed by atoms with E-state index >= 15 is 0 Å². The monoisotopic (exact) mass is 456 g/mol.